The second-order valence-corrected chi connectivity index (χ2v) is 7.59. The fraction of sp³-hybridized carbons (Fsp3) is 0.182. The zero-order valence-corrected chi connectivity index (χ0v) is 16.5. The Hall–Kier alpha value is -4.14. The molecular weight excluding hydrogens is 392 g/mol. The van der Waals surface area contributed by atoms with Crippen LogP contribution in [0, 0.1) is 0 Å². The quantitative estimate of drug-likeness (QED) is 0.484. The Morgan fingerprint density at radius 3 is 2.77 bits per heavy atom. The van der Waals surface area contributed by atoms with Crippen molar-refractivity contribution in [3.63, 3.8) is 0 Å². The maximum absolute atomic E-state index is 12.3. The number of hydrogen-bond donors (Lipinski definition) is 1. The summed E-state index contributed by atoms with van der Waals surface area (Å²) in [5.74, 6) is 0.954. The first-order valence-corrected chi connectivity index (χ1v) is 10.2. The van der Waals surface area contributed by atoms with E-state index in [9.17, 15) is 4.79 Å². The molecule has 4 aromatic heterocycles. The molecule has 9 nitrogen and oxygen atoms in total. The van der Waals surface area contributed by atoms with Gasteiger partial charge in [-0.25, -0.2) is 15.0 Å². The molecule has 1 fully saturated rings. The molecule has 1 aliphatic rings. The molecule has 0 saturated heterocycles. The molecule has 1 aliphatic carbocycles. The summed E-state index contributed by atoms with van der Waals surface area (Å²) >= 11 is 0. The van der Waals surface area contributed by atoms with Crippen molar-refractivity contribution in [1.29, 1.82) is 0 Å². The molecule has 0 spiro atoms. The number of nitrogens with one attached hydrogen (secondary N) is 1. The molecule has 0 bridgehead atoms. The zero-order chi connectivity index (χ0) is 20.8. The lowest BCUT2D eigenvalue weighted by molar-refractivity contribution is 0.289. The van der Waals surface area contributed by atoms with Gasteiger partial charge in [-0.15, -0.1) is 5.10 Å². The summed E-state index contributed by atoms with van der Waals surface area (Å²) in [4.78, 5) is 25.6. The molecule has 4 heterocycles. The minimum absolute atomic E-state index is 0.309. The first kappa shape index (κ1) is 17.7. The minimum Gasteiger partial charge on any atom is -0.319 e. The molecular formula is C22H18N8O. The van der Waals surface area contributed by atoms with Gasteiger partial charge in [0.15, 0.2) is 11.5 Å². The first-order valence-electron chi connectivity index (χ1n) is 10.2. The van der Waals surface area contributed by atoms with E-state index in [1.807, 2.05) is 35.1 Å². The van der Waals surface area contributed by atoms with Gasteiger partial charge in [-0.2, -0.15) is 9.61 Å². The molecule has 0 atom stereocenters. The SMILES string of the molecule is O=c1nccccc1Nc1nc2ccccc2c2nc(-c3cnn(C4CCC4)c3)nn12. The Morgan fingerprint density at radius 2 is 1.90 bits per heavy atom. The van der Waals surface area contributed by atoms with E-state index in [4.69, 9.17) is 10.1 Å². The summed E-state index contributed by atoms with van der Waals surface area (Å²) in [7, 11) is 0. The average molecular weight is 410 g/mol. The van der Waals surface area contributed by atoms with Gasteiger partial charge >= 0.3 is 0 Å². The predicted octanol–water partition coefficient (Wildman–Crippen LogP) is 3.36. The van der Waals surface area contributed by atoms with Gasteiger partial charge in [0.05, 0.1) is 23.3 Å². The topological polar surface area (TPSA) is 103 Å². The van der Waals surface area contributed by atoms with Gasteiger partial charge in [0.25, 0.3) is 5.56 Å². The number of nitrogens with zero attached hydrogens (tertiary/aromatic N) is 7. The summed E-state index contributed by atoms with van der Waals surface area (Å²) in [6, 6.07) is 13.3. The molecule has 0 unspecified atom stereocenters. The Balaban J connectivity index is 1.52. The van der Waals surface area contributed by atoms with Crippen LogP contribution in [0.3, 0.4) is 0 Å². The largest absolute Gasteiger partial charge is 0.319 e. The van der Waals surface area contributed by atoms with E-state index in [0.29, 0.717) is 29.1 Å². The first-order chi connectivity index (χ1) is 15.3. The van der Waals surface area contributed by atoms with Crippen LogP contribution in [0.25, 0.3) is 27.9 Å². The van der Waals surface area contributed by atoms with Crippen molar-refractivity contribution in [2.45, 2.75) is 25.3 Å². The molecule has 152 valence electrons. The van der Waals surface area contributed by atoms with Crippen molar-refractivity contribution in [1.82, 2.24) is 34.3 Å². The van der Waals surface area contributed by atoms with E-state index in [-0.39, 0.29) is 5.56 Å². The number of fused-ring (bicyclic) bond motifs is 3. The number of benzene rings is 1. The number of anilines is 2. The van der Waals surface area contributed by atoms with Crippen molar-refractivity contribution in [2.24, 2.45) is 0 Å². The molecule has 0 radical (unpaired) electrons. The van der Waals surface area contributed by atoms with E-state index >= 15 is 0 Å². The highest BCUT2D eigenvalue weighted by Crippen LogP contribution is 2.32. The van der Waals surface area contributed by atoms with Crippen molar-refractivity contribution in [2.75, 3.05) is 5.32 Å². The van der Waals surface area contributed by atoms with Gasteiger partial charge in [-0.05, 0) is 43.5 Å². The molecule has 0 amide bonds. The fourth-order valence-electron chi connectivity index (χ4n) is 3.73. The Labute approximate surface area is 176 Å². The van der Waals surface area contributed by atoms with Crippen LogP contribution in [0.2, 0.25) is 0 Å². The normalized spacial score (nSPS) is 14.1. The van der Waals surface area contributed by atoms with E-state index in [2.05, 4.69) is 20.4 Å². The van der Waals surface area contributed by atoms with E-state index in [1.165, 1.54) is 12.6 Å². The summed E-state index contributed by atoms with van der Waals surface area (Å²) in [5.41, 5.74) is 2.18. The minimum atomic E-state index is -0.379. The average Bonchev–Trinajstić information content (AvgIpc) is 3.34. The monoisotopic (exact) mass is 410 g/mol. The van der Waals surface area contributed by atoms with Crippen LogP contribution in [-0.4, -0.2) is 34.3 Å². The highest BCUT2D eigenvalue weighted by Gasteiger charge is 2.22. The van der Waals surface area contributed by atoms with Gasteiger partial charge in [0.2, 0.25) is 5.95 Å². The van der Waals surface area contributed by atoms with Crippen LogP contribution in [0.1, 0.15) is 25.3 Å². The Bertz CT molecular complexity index is 1480. The molecule has 1 saturated carbocycles. The van der Waals surface area contributed by atoms with Crippen LogP contribution < -0.4 is 10.9 Å². The maximum Gasteiger partial charge on any atom is 0.293 e. The van der Waals surface area contributed by atoms with Crippen LogP contribution >= 0.6 is 0 Å². The van der Waals surface area contributed by atoms with Crippen molar-refractivity contribution in [3.05, 3.63) is 71.4 Å². The second-order valence-electron chi connectivity index (χ2n) is 7.59. The van der Waals surface area contributed by atoms with Crippen molar-refractivity contribution < 1.29 is 0 Å². The smallest absolute Gasteiger partial charge is 0.293 e. The third kappa shape index (κ3) is 3.02. The molecule has 9 heteroatoms. The van der Waals surface area contributed by atoms with Crippen molar-refractivity contribution >= 4 is 28.2 Å². The third-order valence-electron chi connectivity index (χ3n) is 5.62. The number of rotatable bonds is 4. The van der Waals surface area contributed by atoms with E-state index in [0.717, 1.165) is 29.3 Å². The lowest BCUT2D eigenvalue weighted by Gasteiger charge is -2.25. The van der Waals surface area contributed by atoms with Gasteiger partial charge in [0.1, 0.15) is 5.69 Å². The van der Waals surface area contributed by atoms with Gasteiger partial charge in [-0.3, -0.25) is 9.48 Å². The zero-order valence-electron chi connectivity index (χ0n) is 16.5. The molecule has 6 rings (SSSR count). The number of aromatic nitrogens is 7. The highest BCUT2D eigenvalue weighted by atomic mass is 16.1. The molecule has 31 heavy (non-hydrogen) atoms. The maximum atomic E-state index is 12.3. The van der Waals surface area contributed by atoms with Gasteiger partial charge in [0, 0.05) is 17.8 Å². The van der Waals surface area contributed by atoms with E-state index in [1.54, 1.807) is 28.9 Å². The van der Waals surface area contributed by atoms with Crippen LogP contribution in [0.15, 0.2) is 65.8 Å². The van der Waals surface area contributed by atoms with Gasteiger partial charge < -0.3 is 5.32 Å². The molecule has 1 aromatic carbocycles. The lowest BCUT2D eigenvalue weighted by Crippen LogP contribution is -2.16. The molecule has 0 aliphatic heterocycles. The third-order valence-corrected chi connectivity index (χ3v) is 5.62. The fourth-order valence-corrected chi connectivity index (χ4v) is 3.73. The highest BCUT2D eigenvalue weighted by molar-refractivity contribution is 5.93. The Kier molecular flexibility index (Phi) is 3.98. The number of hydrogen-bond acceptors (Lipinski definition) is 7. The molecule has 5 aromatic rings. The summed E-state index contributed by atoms with van der Waals surface area (Å²) in [6.45, 7) is 0. The molecule has 1 N–H and O–H groups in total. The predicted molar refractivity (Wildman–Crippen MR) is 116 cm³/mol. The van der Waals surface area contributed by atoms with Gasteiger partial charge in [-0.1, -0.05) is 18.2 Å². The summed E-state index contributed by atoms with van der Waals surface area (Å²) < 4.78 is 3.63. The number of para-hydroxylation sites is 1. The van der Waals surface area contributed by atoms with E-state index < -0.39 is 0 Å². The summed E-state index contributed by atoms with van der Waals surface area (Å²) in [6.07, 6.45) is 8.81. The summed E-state index contributed by atoms with van der Waals surface area (Å²) in [5, 5.41) is 13.2. The second kappa shape index (κ2) is 6.98. The van der Waals surface area contributed by atoms with Crippen LogP contribution in [-0.2, 0) is 0 Å². The van der Waals surface area contributed by atoms with Crippen LogP contribution in [0.5, 0.6) is 0 Å². The Morgan fingerprint density at radius 1 is 1.03 bits per heavy atom. The van der Waals surface area contributed by atoms with Crippen LogP contribution in [0.4, 0.5) is 11.6 Å². The standard InChI is InChI=1S/C22H18N8O/c31-21-18(10-3-4-11-23-21)26-22-25-17-9-2-1-8-16(17)20-27-19(28-30(20)22)14-12-24-29(13-14)15-6-5-7-15/h1-4,8-13,15H,5-7H2,(H,23,25,26,31). The lowest BCUT2D eigenvalue weighted by atomic mass is 9.93. The van der Waals surface area contributed by atoms with Crippen molar-refractivity contribution in [3.8, 4) is 11.4 Å².